The van der Waals surface area contributed by atoms with E-state index in [1.54, 1.807) is 31.2 Å². The van der Waals surface area contributed by atoms with Gasteiger partial charge in [-0.3, -0.25) is 14.4 Å². The second-order valence-corrected chi connectivity index (χ2v) is 8.65. The monoisotopic (exact) mass is 458 g/mol. The van der Waals surface area contributed by atoms with E-state index in [0.717, 1.165) is 0 Å². The van der Waals surface area contributed by atoms with Crippen LogP contribution in [0.15, 0.2) is 42.5 Å². The molecule has 0 bridgehead atoms. The lowest BCUT2D eigenvalue weighted by molar-refractivity contribution is -0.145. The Morgan fingerprint density at radius 1 is 1.09 bits per heavy atom. The van der Waals surface area contributed by atoms with Gasteiger partial charge in [0.05, 0.1) is 6.04 Å². The van der Waals surface area contributed by atoms with Crippen LogP contribution >= 0.6 is 0 Å². The van der Waals surface area contributed by atoms with Crippen molar-refractivity contribution in [2.75, 3.05) is 7.05 Å². The Hall–Kier alpha value is -3.46. The third-order valence-corrected chi connectivity index (χ3v) is 5.76. The minimum absolute atomic E-state index is 0.122. The summed E-state index contributed by atoms with van der Waals surface area (Å²) in [5.74, 6) is -2.06. The van der Waals surface area contributed by atoms with Gasteiger partial charge in [0.15, 0.2) is 0 Å². The molecule has 0 spiro atoms. The van der Waals surface area contributed by atoms with E-state index < -0.39 is 35.3 Å². The van der Waals surface area contributed by atoms with Crippen molar-refractivity contribution >= 4 is 17.7 Å². The second-order valence-electron chi connectivity index (χ2n) is 8.65. The Morgan fingerprint density at radius 2 is 1.67 bits per heavy atom. The number of nitrogens with zero attached hydrogens (tertiary/aromatic N) is 1. The van der Waals surface area contributed by atoms with E-state index in [4.69, 9.17) is 11.5 Å². The molecule has 0 saturated carbocycles. The molecule has 3 amide bonds. The molecule has 9 heteroatoms. The van der Waals surface area contributed by atoms with Gasteiger partial charge in [-0.2, -0.15) is 0 Å². The number of phenolic OH excluding ortho intramolecular Hbond substituents is 1. The number of likely N-dealkylation sites (N-methyl/N-ethyl adjacent to an activating group) is 1. The van der Waals surface area contributed by atoms with Gasteiger partial charge in [-0.1, -0.05) is 24.3 Å². The molecule has 33 heavy (non-hydrogen) atoms. The highest BCUT2D eigenvalue weighted by molar-refractivity contribution is 5.95. The topological polar surface area (TPSA) is 139 Å². The quantitative estimate of drug-likeness (QED) is 0.447. The molecule has 0 radical (unpaired) electrons. The lowest BCUT2D eigenvalue weighted by Crippen LogP contribution is -2.61. The maximum Gasteiger partial charge on any atom is 0.246 e. The summed E-state index contributed by atoms with van der Waals surface area (Å²) in [6.07, 6.45) is 0.297. The number of halogens is 1. The molecule has 0 aromatic heterocycles. The minimum atomic E-state index is -1.34. The minimum Gasteiger partial charge on any atom is -0.508 e. The van der Waals surface area contributed by atoms with Gasteiger partial charge >= 0.3 is 0 Å². The smallest absolute Gasteiger partial charge is 0.246 e. The fraction of sp³-hybridized carbons (Fsp3) is 0.375. The van der Waals surface area contributed by atoms with Crippen LogP contribution < -0.4 is 16.8 Å². The summed E-state index contributed by atoms with van der Waals surface area (Å²) in [5, 5.41) is 12.3. The van der Waals surface area contributed by atoms with E-state index in [1.165, 1.54) is 44.0 Å². The first-order valence-electron chi connectivity index (χ1n) is 10.5. The zero-order valence-corrected chi connectivity index (χ0v) is 19.3. The third kappa shape index (κ3) is 6.52. The highest BCUT2D eigenvalue weighted by atomic mass is 19.1. The summed E-state index contributed by atoms with van der Waals surface area (Å²) in [6.45, 7) is 4.79. The van der Waals surface area contributed by atoms with Gasteiger partial charge < -0.3 is 26.8 Å². The van der Waals surface area contributed by atoms with E-state index in [-0.39, 0.29) is 24.4 Å². The lowest BCUT2D eigenvalue weighted by Gasteiger charge is -2.36. The number of hydrogen-bond acceptors (Lipinski definition) is 5. The molecule has 0 heterocycles. The highest BCUT2D eigenvalue weighted by Crippen LogP contribution is 2.19. The van der Waals surface area contributed by atoms with Crippen molar-refractivity contribution in [1.29, 1.82) is 0 Å². The van der Waals surface area contributed by atoms with Crippen LogP contribution in [0.4, 0.5) is 4.39 Å². The zero-order valence-electron chi connectivity index (χ0n) is 19.3. The number of aromatic hydroxyl groups is 1. The van der Waals surface area contributed by atoms with Gasteiger partial charge in [-0.15, -0.1) is 0 Å². The van der Waals surface area contributed by atoms with Gasteiger partial charge in [0, 0.05) is 13.5 Å². The van der Waals surface area contributed by atoms with Crippen LogP contribution in [0.2, 0.25) is 0 Å². The SMILES string of the molecule is Cc1cc(C[C@H](NC(=O)C(C)(C)N(C)C(=O)[C@@H](N)Cc2ccc(F)cc2)C(N)=O)ccc1O. The number of primary amides is 1. The number of rotatable bonds is 9. The van der Waals surface area contributed by atoms with Gasteiger partial charge in [-0.25, -0.2) is 4.39 Å². The standard InChI is InChI=1S/C24H31FN4O4/c1-14-11-16(7-10-20(14)30)13-19(21(27)31)28-23(33)24(2,3)29(4)22(32)18(26)12-15-5-8-17(25)9-6-15/h5-11,18-19,30H,12-13,26H2,1-4H3,(H2,27,31)(H,28,33)/t18-,19-/m0/s1. The number of amides is 3. The molecule has 6 N–H and O–H groups in total. The third-order valence-electron chi connectivity index (χ3n) is 5.76. The largest absolute Gasteiger partial charge is 0.508 e. The lowest BCUT2D eigenvalue weighted by atomic mass is 9.97. The van der Waals surface area contributed by atoms with E-state index in [0.29, 0.717) is 16.7 Å². The molecule has 0 fully saturated rings. The number of carbonyl (C=O) groups is 3. The van der Waals surface area contributed by atoms with Crippen molar-refractivity contribution in [2.24, 2.45) is 11.5 Å². The molecule has 178 valence electrons. The molecular weight excluding hydrogens is 427 g/mol. The first kappa shape index (κ1) is 25.8. The van der Waals surface area contributed by atoms with E-state index in [2.05, 4.69) is 5.32 Å². The fourth-order valence-electron chi connectivity index (χ4n) is 3.28. The van der Waals surface area contributed by atoms with Crippen LogP contribution in [0.5, 0.6) is 5.75 Å². The number of hydrogen-bond donors (Lipinski definition) is 4. The molecule has 0 aliphatic rings. The van der Waals surface area contributed by atoms with Crippen molar-refractivity contribution in [3.63, 3.8) is 0 Å². The van der Waals surface area contributed by atoms with Crippen LogP contribution in [0.1, 0.15) is 30.5 Å². The van der Waals surface area contributed by atoms with Crippen molar-refractivity contribution in [1.82, 2.24) is 10.2 Å². The number of aryl methyl sites for hydroxylation is 1. The molecular formula is C24H31FN4O4. The molecule has 2 aromatic carbocycles. The van der Waals surface area contributed by atoms with Gasteiger partial charge in [0.1, 0.15) is 23.1 Å². The van der Waals surface area contributed by atoms with Crippen LogP contribution in [0.3, 0.4) is 0 Å². The van der Waals surface area contributed by atoms with Gasteiger partial charge in [0.25, 0.3) is 0 Å². The Morgan fingerprint density at radius 3 is 2.21 bits per heavy atom. The predicted molar refractivity (Wildman–Crippen MR) is 123 cm³/mol. The van der Waals surface area contributed by atoms with E-state index >= 15 is 0 Å². The number of nitrogens with two attached hydrogens (primary N) is 2. The summed E-state index contributed by atoms with van der Waals surface area (Å²) in [6, 6.07) is 8.54. The Bertz CT molecular complexity index is 1020. The molecule has 0 aliphatic carbocycles. The van der Waals surface area contributed by atoms with Crippen LogP contribution in [0, 0.1) is 12.7 Å². The average molecular weight is 459 g/mol. The zero-order chi connectivity index (χ0) is 24.9. The summed E-state index contributed by atoms with van der Waals surface area (Å²) in [5.41, 5.74) is 12.2. The molecule has 2 atom stereocenters. The van der Waals surface area contributed by atoms with Crippen molar-refractivity contribution < 1.29 is 23.9 Å². The number of carbonyl (C=O) groups excluding carboxylic acids is 3. The average Bonchev–Trinajstić information content (AvgIpc) is 2.75. The molecule has 8 nitrogen and oxygen atoms in total. The van der Waals surface area contributed by atoms with Crippen LogP contribution in [-0.2, 0) is 27.2 Å². The number of phenols is 1. The van der Waals surface area contributed by atoms with Crippen LogP contribution in [-0.4, -0.2) is 52.4 Å². The Kier molecular flexibility index (Phi) is 8.16. The van der Waals surface area contributed by atoms with Gasteiger partial charge in [-0.05, 0) is 62.1 Å². The second kappa shape index (κ2) is 10.4. The normalized spacial score (nSPS) is 13.2. The van der Waals surface area contributed by atoms with Crippen molar-refractivity contribution in [2.45, 2.75) is 51.2 Å². The van der Waals surface area contributed by atoms with E-state index in [1.807, 2.05) is 0 Å². The summed E-state index contributed by atoms with van der Waals surface area (Å²) in [4.78, 5) is 39.1. The summed E-state index contributed by atoms with van der Waals surface area (Å²) < 4.78 is 13.1. The molecule has 0 saturated heterocycles. The maximum absolute atomic E-state index is 13.1. The maximum atomic E-state index is 13.1. The summed E-state index contributed by atoms with van der Waals surface area (Å²) in [7, 11) is 1.45. The first-order chi connectivity index (χ1) is 15.3. The van der Waals surface area contributed by atoms with Crippen molar-refractivity contribution in [3.05, 3.63) is 65.0 Å². The fourth-order valence-corrected chi connectivity index (χ4v) is 3.28. The highest BCUT2D eigenvalue weighted by Gasteiger charge is 2.38. The van der Waals surface area contributed by atoms with Crippen molar-refractivity contribution in [3.8, 4) is 5.75 Å². The van der Waals surface area contributed by atoms with E-state index in [9.17, 15) is 23.9 Å². The molecule has 0 aliphatic heterocycles. The number of nitrogens with one attached hydrogen (secondary N) is 1. The Balaban J connectivity index is 2.09. The first-order valence-corrected chi connectivity index (χ1v) is 10.5. The molecule has 2 aromatic rings. The molecule has 2 rings (SSSR count). The van der Waals surface area contributed by atoms with Crippen LogP contribution in [0.25, 0.3) is 0 Å². The predicted octanol–water partition coefficient (Wildman–Crippen LogP) is 1.16. The van der Waals surface area contributed by atoms with Gasteiger partial charge in [0.2, 0.25) is 17.7 Å². The molecule has 0 unspecified atom stereocenters. The summed E-state index contributed by atoms with van der Waals surface area (Å²) >= 11 is 0. The number of benzene rings is 2. The Labute approximate surface area is 192 Å².